The Balaban J connectivity index is 3.17. The first-order valence-corrected chi connectivity index (χ1v) is 5.28. The molecule has 5 heteroatoms. The third-order valence-electron chi connectivity index (χ3n) is 1.13. The molecule has 0 fully saturated rings. The van der Waals surface area contributed by atoms with Gasteiger partial charge in [0.15, 0.2) is 0 Å². The van der Waals surface area contributed by atoms with Crippen LogP contribution in [0, 0.1) is 0 Å². The molecule has 0 spiro atoms. The van der Waals surface area contributed by atoms with E-state index >= 15 is 0 Å². The van der Waals surface area contributed by atoms with E-state index < -0.39 is 0 Å². The Morgan fingerprint density at radius 1 is 1.25 bits per heavy atom. The van der Waals surface area contributed by atoms with Gasteiger partial charge in [0, 0.05) is 8.95 Å². The zero-order chi connectivity index (χ0) is 9.14. The van der Waals surface area contributed by atoms with Crippen LogP contribution < -0.4 is 4.74 Å². The zero-order valence-corrected chi connectivity index (χ0v) is 10.4. The average molecular weight is 359 g/mol. The van der Waals surface area contributed by atoms with Gasteiger partial charge in [-0.1, -0.05) is 15.9 Å². The minimum Gasteiger partial charge on any atom is -0.427 e. The lowest BCUT2D eigenvalue weighted by Crippen LogP contribution is -1.89. The quantitative estimate of drug-likeness (QED) is 0.597. The maximum absolute atomic E-state index is 10.1. The van der Waals surface area contributed by atoms with Gasteiger partial charge in [0.25, 0.3) is 6.47 Å². The lowest BCUT2D eigenvalue weighted by molar-refractivity contribution is -0.120. The number of carbonyl (C=O) groups is 1. The summed E-state index contributed by atoms with van der Waals surface area (Å²) in [6, 6.07) is 3.55. The van der Waals surface area contributed by atoms with Gasteiger partial charge in [-0.3, -0.25) is 4.79 Å². The Morgan fingerprint density at radius 3 is 2.50 bits per heavy atom. The summed E-state index contributed by atoms with van der Waals surface area (Å²) < 4.78 is 7.10. The van der Waals surface area contributed by atoms with Crippen LogP contribution in [0.5, 0.6) is 5.75 Å². The largest absolute Gasteiger partial charge is 0.427 e. The number of benzene rings is 1. The molecule has 64 valence electrons. The number of hydrogen-bond donors (Lipinski definition) is 0. The molecule has 0 saturated heterocycles. The highest BCUT2D eigenvalue weighted by atomic mass is 79.9. The van der Waals surface area contributed by atoms with E-state index in [1.807, 2.05) is 6.07 Å². The molecule has 0 radical (unpaired) electrons. The van der Waals surface area contributed by atoms with Crippen molar-refractivity contribution in [2.45, 2.75) is 0 Å². The molecular weight excluding hydrogens is 356 g/mol. The Kier molecular flexibility index (Phi) is 3.74. The molecule has 0 bridgehead atoms. The van der Waals surface area contributed by atoms with Crippen LogP contribution in [0.25, 0.3) is 0 Å². The van der Waals surface area contributed by atoms with Gasteiger partial charge in [0.2, 0.25) is 0 Å². The summed E-state index contributed by atoms with van der Waals surface area (Å²) in [5.41, 5.74) is 0. The molecule has 0 amide bonds. The summed E-state index contributed by atoms with van der Waals surface area (Å²) in [7, 11) is 0. The fourth-order valence-electron chi connectivity index (χ4n) is 0.670. The normalized spacial score (nSPS) is 9.58. The van der Waals surface area contributed by atoms with E-state index in [4.69, 9.17) is 4.74 Å². The molecule has 1 rings (SSSR count). The highest BCUT2D eigenvalue weighted by Crippen LogP contribution is 2.35. The van der Waals surface area contributed by atoms with Crippen LogP contribution in [0.1, 0.15) is 0 Å². The first-order chi connectivity index (χ1) is 5.65. The van der Waals surface area contributed by atoms with Gasteiger partial charge in [0.1, 0.15) is 5.75 Å². The Labute approximate surface area is 94.7 Å². The van der Waals surface area contributed by atoms with Crippen LogP contribution in [-0.2, 0) is 4.79 Å². The summed E-state index contributed by atoms with van der Waals surface area (Å²) in [6.45, 7) is 0.388. The van der Waals surface area contributed by atoms with Crippen LogP contribution in [0.4, 0.5) is 0 Å². The second-order valence-electron chi connectivity index (χ2n) is 1.91. The molecule has 0 aliphatic rings. The number of rotatable bonds is 2. The van der Waals surface area contributed by atoms with Crippen molar-refractivity contribution < 1.29 is 9.53 Å². The fourth-order valence-corrected chi connectivity index (χ4v) is 2.18. The van der Waals surface area contributed by atoms with E-state index in [2.05, 4.69) is 47.8 Å². The number of carbonyl (C=O) groups excluding carboxylic acids is 1. The fraction of sp³-hybridized carbons (Fsp3) is 0. The summed E-state index contributed by atoms with van der Waals surface area (Å²) in [5.74, 6) is 0.478. The van der Waals surface area contributed by atoms with Crippen molar-refractivity contribution in [3.05, 3.63) is 25.6 Å². The van der Waals surface area contributed by atoms with Crippen LogP contribution in [-0.4, -0.2) is 6.47 Å². The molecule has 2 nitrogen and oxygen atoms in total. The third-order valence-corrected chi connectivity index (χ3v) is 3.57. The maximum atomic E-state index is 10.1. The van der Waals surface area contributed by atoms with Crippen molar-refractivity contribution in [1.82, 2.24) is 0 Å². The summed E-state index contributed by atoms with van der Waals surface area (Å²) in [4.78, 5) is 10.1. The highest BCUT2D eigenvalue weighted by Gasteiger charge is 2.06. The predicted molar refractivity (Wildman–Crippen MR) is 56.2 cm³/mol. The second kappa shape index (κ2) is 4.39. The molecule has 0 unspecified atom stereocenters. The van der Waals surface area contributed by atoms with Crippen molar-refractivity contribution in [1.29, 1.82) is 0 Å². The van der Waals surface area contributed by atoms with Crippen molar-refractivity contribution in [3.63, 3.8) is 0 Å². The first-order valence-electron chi connectivity index (χ1n) is 2.90. The molecule has 0 aliphatic carbocycles. The minimum atomic E-state index is 0.388. The standard InChI is InChI=1S/C7H3Br3O2/c8-4-1-5(9)7(10)6(2-4)12-3-11/h1-3H. The molecule has 0 atom stereocenters. The lowest BCUT2D eigenvalue weighted by Gasteiger charge is -2.03. The van der Waals surface area contributed by atoms with Gasteiger partial charge in [-0.25, -0.2) is 0 Å². The molecular formula is C7H3Br3O2. The molecule has 0 heterocycles. The van der Waals surface area contributed by atoms with Gasteiger partial charge < -0.3 is 4.74 Å². The second-order valence-corrected chi connectivity index (χ2v) is 4.48. The number of ether oxygens (including phenoxy) is 1. The van der Waals surface area contributed by atoms with Crippen LogP contribution in [0.3, 0.4) is 0 Å². The highest BCUT2D eigenvalue weighted by molar-refractivity contribution is 9.13. The maximum Gasteiger partial charge on any atom is 0.298 e. The van der Waals surface area contributed by atoms with E-state index in [0.29, 0.717) is 12.2 Å². The first kappa shape index (κ1) is 10.2. The van der Waals surface area contributed by atoms with E-state index in [-0.39, 0.29) is 0 Å². The van der Waals surface area contributed by atoms with E-state index in [0.717, 1.165) is 13.4 Å². The zero-order valence-electron chi connectivity index (χ0n) is 5.68. The molecule has 12 heavy (non-hydrogen) atoms. The van der Waals surface area contributed by atoms with Gasteiger partial charge >= 0.3 is 0 Å². The molecule has 0 aromatic heterocycles. The minimum absolute atomic E-state index is 0.388. The Bertz CT molecular complexity index is 312. The third kappa shape index (κ3) is 2.31. The molecule has 0 saturated carbocycles. The lowest BCUT2D eigenvalue weighted by atomic mass is 10.3. The summed E-state index contributed by atoms with van der Waals surface area (Å²) in [5, 5.41) is 0. The van der Waals surface area contributed by atoms with Gasteiger partial charge in [-0.05, 0) is 44.0 Å². The number of hydrogen-bond acceptors (Lipinski definition) is 2. The number of halogens is 3. The van der Waals surface area contributed by atoms with Gasteiger partial charge in [0.05, 0.1) is 4.47 Å². The molecule has 1 aromatic rings. The van der Waals surface area contributed by atoms with Crippen LogP contribution in [0.2, 0.25) is 0 Å². The van der Waals surface area contributed by atoms with Gasteiger partial charge in [-0.15, -0.1) is 0 Å². The van der Waals surface area contributed by atoms with Crippen molar-refractivity contribution in [3.8, 4) is 5.75 Å². The molecule has 0 aliphatic heterocycles. The summed E-state index contributed by atoms with van der Waals surface area (Å²) >= 11 is 9.83. The molecule has 1 aromatic carbocycles. The van der Waals surface area contributed by atoms with Crippen LogP contribution in [0.15, 0.2) is 25.6 Å². The van der Waals surface area contributed by atoms with Crippen molar-refractivity contribution in [2.24, 2.45) is 0 Å². The Morgan fingerprint density at radius 2 is 1.92 bits per heavy atom. The van der Waals surface area contributed by atoms with Gasteiger partial charge in [-0.2, -0.15) is 0 Å². The Hall–Kier alpha value is 0.130. The van der Waals surface area contributed by atoms with E-state index in [1.54, 1.807) is 6.07 Å². The summed E-state index contributed by atoms with van der Waals surface area (Å²) in [6.07, 6.45) is 0. The SMILES string of the molecule is O=COc1cc(Br)cc(Br)c1Br. The predicted octanol–water partition coefficient (Wildman–Crippen LogP) is 3.51. The molecule has 0 N–H and O–H groups in total. The van der Waals surface area contributed by atoms with Crippen molar-refractivity contribution in [2.75, 3.05) is 0 Å². The van der Waals surface area contributed by atoms with Crippen LogP contribution >= 0.6 is 47.8 Å². The van der Waals surface area contributed by atoms with E-state index in [9.17, 15) is 4.79 Å². The smallest absolute Gasteiger partial charge is 0.298 e. The van der Waals surface area contributed by atoms with E-state index in [1.165, 1.54) is 0 Å². The average Bonchev–Trinajstić information content (AvgIpc) is 2.00. The topological polar surface area (TPSA) is 26.3 Å². The monoisotopic (exact) mass is 356 g/mol. The van der Waals surface area contributed by atoms with Crippen molar-refractivity contribution >= 4 is 54.3 Å².